The molecule has 0 saturated carbocycles. The zero-order valence-corrected chi connectivity index (χ0v) is 18.5. The lowest BCUT2D eigenvalue weighted by atomic mass is 10.1. The Morgan fingerprint density at radius 3 is 2.39 bits per heavy atom. The molecule has 0 spiro atoms. The van der Waals surface area contributed by atoms with Crippen molar-refractivity contribution in [3.05, 3.63) is 81.4 Å². The van der Waals surface area contributed by atoms with Crippen LogP contribution >= 0.6 is 11.6 Å². The lowest BCUT2D eigenvalue weighted by molar-refractivity contribution is 0.0942. The summed E-state index contributed by atoms with van der Waals surface area (Å²) in [7, 11) is 0. The molecule has 8 heteroatoms. The second-order valence-electron chi connectivity index (χ2n) is 7.65. The first kappa shape index (κ1) is 22.5. The van der Waals surface area contributed by atoms with Crippen LogP contribution in [-0.2, 0) is 6.54 Å². The van der Waals surface area contributed by atoms with Crippen LogP contribution in [0.25, 0.3) is 0 Å². The highest BCUT2D eigenvalue weighted by Gasteiger charge is 2.21. The van der Waals surface area contributed by atoms with E-state index >= 15 is 0 Å². The van der Waals surface area contributed by atoms with Gasteiger partial charge < -0.3 is 10.6 Å². The largest absolute Gasteiger partial charge is 0.350 e. The first-order valence-corrected chi connectivity index (χ1v) is 10.2. The van der Waals surface area contributed by atoms with E-state index in [9.17, 15) is 14.0 Å². The van der Waals surface area contributed by atoms with Gasteiger partial charge in [0.15, 0.2) is 0 Å². The Balaban J connectivity index is 1.77. The van der Waals surface area contributed by atoms with Gasteiger partial charge in [-0.1, -0.05) is 23.7 Å². The average molecular weight is 443 g/mol. The summed E-state index contributed by atoms with van der Waals surface area (Å²) in [6.07, 6.45) is 0. The van der Waals surface area contributed by atoms with Crippen LogP contribution in [0, 0.1) is 19.7 Å². The molecule has 0 aliphatic carbocycles. The first-order valence-electron chi connectivity index (χ1n) is 9.86. The van der Waals surface area contributed by atoms with E-state index in [0.29, 0.717) is 23.5 Å². The molecule has 2 aromatic carbocycles. The second kappa shape index (κ2) is 9.31. The Bertz CT molecular complexity index is 1120. The summed E-state index contributed by atoms with van der Waals surface area (Å²) < 4.78 is 14.6. The molecule has 2 N–H and O–H groups in total. The standard InChI is InChI=1S/C23H24ClFN4O2/c1-13(2)26-22(30)19-10-9-18(11-14(19)3)27-23(31)20-15(4)28-29(21(20)24)12-16-5-7-17(25)8-6-16/h5-11,13H,12H2,1-4H3,(H,26,30)(H,27,31). The summed E-state index contributed by atoms with van der Waals surface area (Å²) in [6.45, 7) is 7.61. The SMILES string of the molecule is Cc1cc(NC(=O)c2c(C)nn(Cc3ccc(F)cc3)c2Cl)ccc1C(=O)NC(C)C. The maximum absolute atomic E-state index is 13.1. The van der Waals surface area contributed by atoms with Gasteiger partial charge in [0, 0.05) is 17.3 Å². The number of halogens is 2. The molecule has 162 valence electrons. The van der Waals surface area contributed by atoms with Gasteiger partial charge in [0.2, 0.25) is 0 Å². The van der Waals surface area contributed by atoms with Crippen LogP contribution in [-0.4, -0.2) is 27.6 Å². The topological polar surface area (TPSA) is 76.0 Å². The van der Waals surface area contributed by atoms with Gasteiger partial charge in [-0.25, -0.2) is 9.07 Å². The summed E-state index contributed by atoms with van der Waals surface area (Å²) in [5, 5.41) is 10.2. The Hall–Kier alpha value is -3.19. The number of aryl methyl sites for hydroxylation is 2. The molecule has 31 heavy (non-hydrogen) atoms. The number of carbonyl (C=O) groups is 2. The Morgan fingerprint density at radius 1 is 1.10 bits per heavy atom. The van der Waals surface area contributed by atoms with E-state index in [1.165, 1.54) is 16.8 Å². The third-order valence-electron chi connectivity index (χ3n) is 4.69. The molecule has 0 unspecified atom stereocenters. The summed E-state index contributed by atoms with van der Waals surface area (Å²) in [5.74, 6) is -0.882. The van der Waals surface area contributed by atoms with Gasteiger partial charge in [-0.3, -0.25) is 9.59 Å². The Kier molecular flexibility index (Phi) is 6.75. The van der Waals surface area contributed by atoms with Crippen molar-refractivity contribution in [1.29, 1.82) is 0 Å². The van der Waals surface area contributed by atoms with Gasteiger partial charge in [-0.05, 0) is 69.2 Å². The minimum absolute atomic E-state index is 0.0304. The fourth-order valence-corrected chi connectivity index (χ4v) is 3.53. The fraction of sp³-hybridized carbons (Fsp3) is 0.261. The summed E-state index contributed by atoms with van der Waals surface area (Å²) >= 11 is 6.43. The van der Waals surface area contributed by atoms with Gasteiger partial charge >= 0.3 is 0 Å². The van der Waals surface area contributed by atoms with E-state index < -0.39 is 5.91 Å². The molecule has 0 atom stereocenters. The molecule has 0 fully saturated rings. The maximum Gasteiger partial charge on any atom is 0.260 e. The number of benzene rings is 2. The minimum Gasteiger partial charge on any atom is -0.350 e. The predicted molar refractivity (Wildman–Crippen MR) is 119 cm³/mol. The molecule has 0 saturated heterocycles. The molecule has 3 aromatic rings. The zero-order chi connectivity index (χ0) is 22.7. The molecule has 1 aromatic heterocycles. The molecule has 0 aliphatic rings. The van der Waals surface area contributed by atoms with E-state index in [-0.39, 0.29) is 28.5 Å². The van der Waals surface area contributed by atoms with Gasteiger partial charge in [-0.15, -0.1) is 0 Å². The molecule has 0 aliphatic heterocycles. The lowest BCUT2D eigenvalue weighted by Gasteiger charge is -2.12. The maximum atomic E-state index is 13.1. The van der Waals surface area contributed by atoms with E-state index in [2.05, 4.69) is 15.7 Å². The quantitative estimate of drug-likeness (QED) is 0.579. The van der Waals surface area contributed by atoms with Crippen LogP contribution in [0.4, 0.5) is 10.1 Å². The summed E-state index contributed by atoms with van der Waals surface area (Å²) in [4.78, 5) is 25.1. The number of nitrogens with one attached hydrogen (secondary N) is 2. The molecular weight excluding hydrogens is 419 g/mol. The van der Waals surface area contributed by atoms with Crippen molar-refractivity contribution in [3.63, 3.8) is 0 Å². The molecule has 6 nitrogen and oxygen atoms in total. The smallest absolute Gasteiger partial charge is 0.260 e. The average Bonchev–Trinajstić information content (AvgIpc) is 2.96. The highest BCUT2D eigenvalue weighted by atomic mass is 35.5. The number of nitrogens with zero attached hydrogens (tertiary/aromatic N) is 2. The lowest BCUT2D eigenvalue weighted by Crippen LogP contribution is -2.30. The van der Waals surface area contributed by atoms with Crippen LogP contribution in [0.15, 0.2) is 42.5 Å². The fourth-order valence-electron chi connectivity index (χ4n) is 3.21. The van der Waals surface area contributed by atoms with Crippen LogP contribution in [0.3, 0.4) is 0 Å². The third kappa shape index (κ3) is 5.30. The van der Waals surface area contributed by atoms with Crippen molar-refractivity contribution < 1.29 is 14.0 Å². The van der Waals surface area contributed by atoms with Crippen molar-refractivity contribution in [2.45, 2.75) is 40.3 Å². The number of rotatable bonds is 6. The molecule has 0 radical (unpaired) electrons. The number of amides is 2. The van der Waals surface area contributed by atoms with Crippen LogP contribution < -0.4 is 10.6 Å². The van der Waals surface area contributed by atoms with E-state index in [4.69, 9.17) is 11.6 Å². The monoisotopic (exact) mass is 442 g/mol. The summed E-state index contributed by atoms with van der Waals surface area (Å²) in [5.41, 5.74) is 3.39. The Labute approximate surface area is 185 Å². The summed E-state index contributed by atoms with van der Waals surface area (Å²) in [6, 6.07) is 11.1. The van der Waals surface area contributed by atoms with Crippen LogP contribution in [0.1, 0.15) is 51.4 Å². The van der Waals surface area contributed by atoms with Crippen molar-refractivity contribution in [1.82, 2.24) is 15.1 Å². The van der Waals surface area contributed by atoms with Crippen LogP contribution in [0.5, 0.6) is 0 Å². The number of aromatic nitrogens is 2. The van der Waals surface area contributed by atoms with Gasteiger partial charge in [-0.2, -0.15) is 5.10 Å². The molecule has 3 rings (SSSR count). The van der Waals surface area contributed by atoms with Gasteiger partial charge in [0.1, 0.15) is 11.0 Å². The molecule has 2 amide bonds. The number of hydrogen-bond acceptors (Lipinski definition) is 3. The van der Waals surface area contributed by atoms with Crippen molar-refractivity contribution in [3.8, 4) is 0 Å². The van der Waals surface area contributed by atoms with Crippen molar-refractivity contribution in [2.24, 2.45) is 0 Å². The third-order valence-corrected chi connectivity index (χ3v) is 5.07. The molecule has 1 heterocycles. The normalized spacial score (nSPS) is 10.9. The highest BCUT2D eigenvalue weighted by molar-refractivity contribution is 6.33. The van der Waals surface area contributed by atoms with Crippen molar-refractivity contribution >= 4 is 29.1 Å². The first-order chi connectivity index (χ1) is 14.7. The Morgan fingerprint density at radius 2 is 1.77 bits per heavy atom. The van der Waals surface area contributed by atoms with E-state index in [0.717, 1.165) is 11.1 Å². The van der Waals surface area contributed by atoms with E-state index in [1.54, 1.807) is 37.3 Å². The second-order valence-corrected chi connectivity index (χ2v) is 8.01. The van der Waals surface area contributed by atoms with E-state index in [1.807, 2.05) is 20.8 Å². The van der Waals surface area contributed by atoms with Gasteiger partial charge in [0.25, 0.3) is 11.8 Å². The van der Waals surface area contributed by atoms with Crippen molar-refractivity contribution in [2.75, 3.05) is 5.32 Å². The number of anilines is 1. The minimum atomic E-state index is -0.397. The number of carbonyl (C=O) groups excluding carboxylic acids is 2. The molecule has 0 bridgehead atoms. The predicted octanol–water partition coefficient (Wildman–Crippen LogP) is 4.73. The zero-order valence-electron chi connectivity index (χ0n) is 17.8. The highest BCUT2D eigenvalue weighted by Crippen LogP contribution is 2.23. The van der Waals surface area contributed by atoms with Gasteiger partial charge in [0.05, 0.1) is 17.8 Å². The molecular formula is C23H24ClFN4O2. The number of hydrogen-bond donors (Lipinski definition) is 2. The van der Waals surface area contributed by atoms with Crippen LogP contribution in [0.2, 0.25) is 5.15 Å².